The molecule has 1 aliphatic carbocycles. The summed E-state index contributed by atoms with van der Waals surface area (Å²) >= 11 is 0. The van der Waals surface area contributed by atoms with E-state index in [-0.39, 0.29) is 30.8 Å². The summed E-state index contributed by atoms with van der Waals surface area (Å²) < 4.78 is 28.1. The van der Waals surface area contributed by atoms with Gasteiger partial charge in [-0.25, -0.2) is 9.59 Å². The zero-order chi connectivity index (χ0) is 21.8. The first-order valence-corrected chi connectivity index (χ1v) is 10.3. The van der Waals surface area contributed by atoms with Crippen molar-refractivity contribution in [3.63, 3.8) is 0 Å². The zero-order valence-electron chi connectivity index (χ0n) is 17.8. The third-order valence-electron chi connectivity index (χ3n) is 6.69. The molecule has 4 aliphatic rings. The number of fused-ring (bicyclic) bond motifs is 2. The number of ether oxygens (including phenoxy) is 5. The number of allylic oxidation sites excluding steroid dienone is 1. The Labute approximate surface area is 175 Å². The molecule has 0 unspecified atom stereocenters. The molecular formula is C22H28O8. The van der Waals surface area contributed by atoms with Crippen LogP contribution in [0.15, 0.2) is 23.8 Å². The highest BCUT2D eigenvalue weighted by Gasteiger charge is 2.62. The highest BCUT2D eigenvalue weighted by atomic mass is 16.7. The van der Waals surface area contributed by atoms with Gasteiger partial charge in [-0.2, -0.15) is 0 Å². The van der Waals surface area contributed by atoms with E-state index >= 15 is 0 Å². The van der Waals surface area contributed by atoms with Crippen molar-refractivity contribution < 1.29 is 38.1 Å². The van der Waals surface area contributed by atoms with Gasteiger partial charge in [0.05, 0.1) is 18.1 Å². The van der Waals surface area contributed by atoms with Crippen LogP contribution in [-0.2, 0) is 38.1 Å². The first kappa shape index (κ1) is 21.1. The van der Waals surface area contributed by atoms with Crippen LogP contribution in [0.5, 0.6) is 0 Å². The molecule has 0 N–H and O–H groups in total. The summed E-state index contributed by atoms with van der Waals surface area (Å²) in [5, 5.41) is 0. The van der Waals surface area contributed by atoms with Crippen molar-refractivity contribution in [2.24, 2.45) is 5.92 Å². The molecule has 4 rings (SSSR count). The molecule has 0 bridgehead atoms. The van der Waals surface area contributed by atoms with Gasteiger partial charge in [0, 0.05) is 18.9 Å². The maximum absolute atomic E-state index is 12.8. The number of esters is 3. The molecule has 7 atom stereocenters. The van der Waals surface area contributed by atoms with E-state index in [0.717, 1.165) is 18.4 Å². The number of epoxide rings is 2. The second kappa shape index (κ2) is 7.20. The largest absolute Gasteiger partial charge is 0.463 e. The van der Waals surface area contributed by atoms with Gasteiger partial charge in [-0.3, -0.25) is 4.79 Å². The van der Waals surface area contributed by atoms with E-state index < -0.39 is 47.2 Å². The molecule has 164 valence electrons. The summed E-state index contributed by atoms with van der Waals surface area (Å²) in [7, 11) is 0. The minimum atomic E-state index is -1.01. The fraction of sp³-hybridized carbons (Fsp3) is 0.682. The Morgan fingerprint density at radius 3 is 2.67 bits per heavy atom. The topological polar surface area (TPSA) is 104 Å². The summed E-state index contributed by atoms with van der Waals surface area (Å²) in [4.78, 5) is 36.6. The summed E-state index contributed by atoms with van der Waals surface area (Å²) in [5.41, 5.74) is -0.463. The lowest BCUT2D eigenvalue weighted by Crippen LogP contribution is -2.42. The number of hydrogen-bond acceptors (Lipinski definition) is 8. The predicted octanol–water partition coefficient (Wildman–Crippen LogP) is 2.00. The average Bonchev–Trinajstić information content (AvgIpc) is 3.50. The standard InChI is InChI=1S/C22H28O8/c1-11-6-7-17-22(30-17,10-26-14(4)23)9-16(28-20(25)21(5)13(3)29-21)18-12(2)19(24)27-15(18)8-11/h8,13,15-18H,2,6-7,9-10H2,1,3-5H3/b11-8+/t13-,15-,16-,17-,18+,21-,22+/m1/s1. The Hall–Kier alpha value is -2.19. The summed E-state index contributed by atoms with van der Waals surface area (Å²) in [6.45, 7) is 10.7. The van der Waals surface area contributed by atoms with Gasteiger partial charge in [0.1, 0.15) is 24.4 Å². The summed E-state index contributed by atoms with van der Waals surface area (Å²) in [5.74, 6) is -1.96. The summed E-state index contributed by atoms with van der Waals surface area (Å²) in [6, 6.07) is 0. The third-order valence-corrected chi connectivity index (χ3v) is 6.69. The molecule has 3 saturated heterocycles. The third kappa shape index (κ3) is 3.67. The SMILES string of the molecule is C=C1C(=O)O[C@@H]2/C=C(\C)CC[C@H]3O[C@]3(COC(C)=O)C[C@@H](OC(=O)[C@]3(C)O[C@@H]3C)[C@@H]12. The Bertz CT molecular complexity index is 831. The molecule has 0 aromatic carbocycles. The van der Waals surface area contributed by atoms with Crippen molar-refractivity contribution in [3.05, 3.63) is 23.8 Å². The molecule has 0 radical (unpaired) electrons. The van der Waals surface area contributed by atoms with Crippen LogP contribution in [0.2, 0.25) is 0 Å². The number of carbonyl (C=O) groups is 3. The number of carbonyl (C=O) groups excluding carboxylic acids is 3. The van der Waals surface area contributed by atoms with E-state index in [1.54, 1.807) is 13.8 Å². The Morgan fingerprint density at radius 1 is 1.33 bits per heavy atom. The minimum absolute atomic E-state index is 0.0622. The van der Waals surface area contributed by atoms with Gasteiger partial charge in [0.15, 0.2) is 5.60 Å². The molecule has 3 heterocycles. The molecule has 3 fully saturated rings. The van der Waals surface area contributed by atoms with Crippen LogP contribution < -0.4 is 0 Å². The Balaban J connectivity index is 1.66. The maximum Gasteiger partial charge on any atom is 0.341 e. The van der Waals surface area contributed by atoms with Crippen LogP contribution in [-0.4, -0.2) is 60.1 Å². The highest BCUT2D eigenvalue weighted by molar-refractivity contribution is 5.91. The fourth-order valence-corrected chi connectivity index (χ4v) is 4.45. The fourth-order valence-electron chi connectivity index (χ4n) is 4.45. The van der Waals surface area contributed by atoms with Gasteiger partial charge in [0.2, 0.25) is 0 Å². The van der Waals surface area contributed by atoms with Gasteiger partial charge in [-0.05, 0) is 39.7 Å². The van der Waals surface area contributed by atoms with Crippen molar-refractivity contribution in [1.82, 2.24) is 0 Å². The van der Waals surface area contributed by atoms with Gasteiger partial charge in [0.25, 0.3) is 0 Å². The van der Waals surface area contributed by atoms with E-state index in [1.807, 2.05) is 13.0 Å². The molecule has 0 spiro atoms. The second-order valence-electron chi connectivity index (χ2n) is 8.94. The average molecular weight is 420 g/mol. The zero-order valence-corrected chi connectivity index (χ0v) is 17.8. The van der Waals surface area contributed by atoms with Crippen LogP contribution in [0.25, 0.3) is 0 Å². The van der Waals surface area contributed by atoms with Crippen LogP contribution in [0.3, 0.4) is 0 Å². The van der Waals surface area contributed by atoms with Crippen molar-refractivity contribution in [2.45, 2.75) is 82.6 Å². The molecule has 0 saturated carbocycles. The first-order chi connectivity index (χ1) is 14.1. The first-order valence-electron chi connectivity index (χ1n) is 10.3. The van der Waals surface area contributed by atoms with Gasteiger partial charge in [-0.1, -0.05) is 12.2 Å². The Kier molecular flexibility index (Phi) is 5.05. The van der Waals surface area contributed by atoms with E-state index in [9.17, 15) is 14.4 Å². The molecule has 3 aliphatic heterocycles. The highest BCUT2D eigenvalue weighted by Crippen LogP contribution is 2.49. The van der Waals surface area contributed by atoms with Crippen LogP contribution in [0.1, 0.15) is 47.0 Å². The smallest absolute Gasteiger partial charge is 0.341 e. The lowest BCUT2D eigenvalue weighted by atomic mass is 9.82. The molecular weight excluding hydrogens is 392 g/mol. The molecule has 0 aromatic rings. The number of rotatable bonds is 4. The molecule has 8 heteroatoms. The van der Waals surface area contributed by atoms with Crippen LogP contribution >= 0.6 is 0 Å². The van der Waals surface area contributed by atoms with Crippen molar-refractivity contribution in [1.29, 1.82) is 0 Å². The molecule has 0 amide bonds. The minimum Gasteiger partial charge on any atom is -0.463 e. The molecule has 8 nitrogen and oxygen atoms in total. The van der Waals surface area contributed by atoms with E-state index in [1.165, 1.54) is 6.92 Å². The normalized spacial score (nSPS) is 44.0. The Morgan fingerprint density at radius 2 is 2.03 bits per heavy atom. The maximum atomic E-state index is 12.8. The monoisotopic (exact) mass is 420 g/mol. The second-order valence-corrected chi connectivity index (χ2v) is 8.94. The van der Waals surface area contributed by atoms with Crippen molar-refractivity contribution in [2.75, 3.05) is 6.61 Å². The lowest BCUT2D eigenvalue weighted by Gasteiger charge is -2.29. The molecule has 0 aromatic heterocycles. The van der Waals surface area contributed by atoms with Crippen molar-refractivity contribution >= 4 is 17.9 Å². The van der Waals surface area contributed by atoms with E-state index in [0.29, 0.717) is 0 Å². The van der Waals surface area contributed by atoms with Crippen LogP contribution in [0, 0.1) is 5.92 Å². The summed E-state index contributed by atoms with van der Waals surface area (Å²) in [6.07, 6.45) is 1.98. The van der Waals surface area contributed by atoms with E-state index in [4.69, 9.17) is 23.7 Å². The van der Waals surface area contributed by atoms with Gasteiger partial charge >= 0.3 is 17.9 Å². The molecule has 30 heavy (non-hydrogen) atoms. The van der Waals surface area contributed by atoms with Gasteiger partial charge in [-0.15, -0.1) is 0 Å². The lowest BCUT2D eigenvalue weighted by molar-refractivity contribution is -0.160. The quantitative estimate of drug-likeness (QED) is 0.224. The van der Waals surface area contributed by atoms with Crippen LogP contribution in [0.4, 0.5) is 0 Å². The van der Waals surface area contributed by atoms with E-state index in [2.05, 4.69) is 6.58 Å². The number of hydrogen-bond donors (Lipinski definition) is 0. The van der Waals surface area contributed by atoms with Crippen molar-refractivity contribution in [3.8, 4) is 0 Å². The predicted molar refractivity (Wildman–Crippen MR) is 103 cm³/mol. The van der Waals surface area contributed by atoms with Gasteiger partial charge < -0.3 is 23.7 Å².